The Bertz CT molecular complexity index is 761. The van der Waals surface area contributed by atoms with Crippen molar-refractivity contribution in [1.82, 2.24) is 24.5 Å². The number of halogens is 3. The Labute approximate surface area is 123 Å². The standard InChI is InChI=1S/C12H6Cl2FN5/c13-9-5-7(15)1-2-8(9)10-17-11(14)19-12(18-10)20-4-3-16-6-20/h1-6H. The Balaban J connectivity index is 2.14. The zero-order chi connectivity index (χ0) is 14.1. The molecule has 2 heterocycles. The molecule has 0 saturated carbocycles. The molecule has 0 bridgehead atoms. The third-order valence-electron chi connectivity index (χ3n) is 2.50. The highest BCUT2D eigenvalue weighted by atomic mass is 35.5. The summed E-state index contributed by atoms with van der Waals surface area (Å²) >= 11 is 11.9. The van der Waals surface area contributed by atoms with Crippen LogP contribution in [-0.4, -0.2) is 24.5 Å². The number of hydrogen-bond acceptors (Lipinski definition) is 4. The van der Waals surface area contributed by atoms with E-state index in [1.54, 1.807) is 17.0 Å². The van der Waals surface area contributed by atoms with E-state index in [9.17, 15) is 4.39 Å². The number of imidazole rings is 1. The van der Waals surface area contributed by atoms with E-state index >= 15 is 0 Å². The topological polar surface area (TPSA) is 56.5 Å². The van der Waals surface area contributed by atoms with Gasteiger partial charge in [-0.3, -0.25) is 4.57 Å². The lowest BCUT2D eigenvalue weighted by Gasteiger charge is -2.06. The van der Waals surface area contributed by atoms with Crippen LogP contribution in [0.2, 0.25) is 10.3 Å². The first kappa shape index (κ1) is 13.0. The van der Waals surface area contributed by atoms with Gasteiger partial charge < -0.3 is 0 Å². The fourth-order valence-electron chi connectivity index (χ4n) is 1.62. The minimum Gasteiger partial charge on any atom is -0.274 e. The Morgan fingerprint density at radius 1 is 1.10 bits per heavy atom. The van der Waals surface area contributed by atoms with Crippen LogP contribution in [0.4, 0.5) is 4.39 Å². The van der Waals surface area contributed by atoms with E-state index in [-0.39, 0.29) is 16.1 Å². The quantitative estimate of drug-likeness (QED) is 0.729. The van der Waals surface area contributed by atoms with Crippen LogP contribution in [0.3, 0.4) is 0 Å². The van der Waals surface area contributed by atoms with E-state index in [1.807, 2.05) is 0 Å². The Hall–Kier alpha value is -2.05. The van der Waals surface area contributed by atoms with Crippen molar-refractivity contribution in [2.24, 2.45) is 0 Å². The summed E-state index contributed by atoms with van der Waals surface area (Å²) in [4.78, 5) is 16.2. The van der Waals surface area contributed by atoms with E-state index in [1.165, 1.54) is 24.5 Å². The molecule has 0 radical (unpaired) electrons. The number of rotatable bonds is 2. The number of aromatic nitrogens is 5. The summed E-state index contributed by atoms with van der Waals surface area (Å²) in [6.07, 6.45) is 4.78. The average molecular weight is 310 g/mol. The van der Waals surface area contributed by atoms with E-state index in [4.69, 9.17) is 23.2 Å². The highest BCUT2D eigenvalue weighted by Gasteiger charge is 2.12. The van der Waals surface area contributed by atoms with Crippen molar-refractivity contribution in [2.75, 3.05) is 0 Å². The smallest absolute Gasteiger partial charge is 0.239 e. The summed E-state index contributed by atoms with van der Waals surface area (Å²) in [7, 11) is 0. The third kappa shape index (κ3) is 2.48. The molecule has 2 aromatic heterocycles. The van der Waals surface area contributed by atoms with Gasteiger partial charge >= 0.3 is 0 Å². The second kappa shape index (κ2) is 5.15. The van der Waals surface area contributed by atoms with Crippen LogP contribution < -0.4 is 0 Å². The normalized spacial score (nSPS) is 10.8. The molecule has 0 atom stereocenters. The molecule has 3 aromatic rings. The van der Waals surface area contributed by atoms with E-state index in [2.05, 4.69) is 19.9 Å². The molecule has 1 aromatic carbocycles. The lowest BCUT2D eigenvalue weighted by molar-refractivity contribution is 0.628. The van der Waals surface area contributed by atoms with Gasteiger partial charge in [0.05, 0.1) is 5.02 Å². The van der Waals surface area contributed by atoms with E-state index < -0.39 is 5.82 Å². The summed E-state index contributed by atoms with van der Waals surface area (Å²) in [6.45, 7) is 0. The molecule has 0 N–H and O–H groups in total. The summed E-state index contributed by atoms with van der Waals surface area (Å²) in [5.41, 5.74) is 0.471. The zero-order valence-electron chi connectivity index (χ0n) is 9.83. The monoisotopic (exact) mass is 309 g/mol. The van der Waals surface area contributed by atoms with Crippen molar-refractivity contribution >= 4 is 23.2 Å². The first-order chi connectivity index (χ1) is 9.63. The molecule has 0 aliphatic carbocycles. The molecule has 0 saturated heterocycles. The maximum atomic E-state index is 13.1. The van der Waals surface area contributed by atoms with Gasteiger partial charge in [0, 0.05) is 18.0 Å². The van der Waals surface area contributed by atoms with Gasteiger partial charge in [-0.1, -0.05) is 11.6 Å². The highest BCUT2D eigenvalue weighted by molar-refractivity contribution is 6.33. The van der Waals surface area contributed by atoms with Gasteiger partial charge in [0.25, 0.3) is 0 Å². The lowest BCUT2D eigenvalue weighted by Crippen LogP contribution is -2.03. The van der Waals surface area contributed by atoms with Gasteiger partial charge in [0.1, 0.15) is 12.1 Å². The second-order valence-corrected chi connectivity index (χ2v) is 4.57. The third-order valence-corrected chi connectivity index (χ3v) is 2.99. The average Bonchev–Trinajstić information content (AvgIpc) is 2.91. The first-order valence-electron chi connectivity index (χ1n) is 5.49. The SMILES string of the molecule is Fc1ccc(-c2nc(Cl)nc(-n3ccnc3)n2)c(Cl)c1. The molecule has 0 unspecified atom stereocenters. The van der Waals surface area contributed by atoms with Crippen molar-refractivity contribution in [2.45, 2.75) is 0 Å². The fraction of sp³-hybridized carbons (Fsp3) is 0. The molecule has 5 nitrogen and oxygen atoms in total. The summed E-state index contributed by atoms with van der Waals surface area (Å²) < 4.78 is 14.6. The summed E-state index contributed by atoms with van der Waals surface area (Å²) in [6, 6.07) is 3.95. The van der Waals surface area contributed by atoms with Crippen LogP contribution in [0.15, 0.2) is 36.9 Å². The van der Waals surface area contributed by atoms with Crippen LogP contribution in [0.5, 0.6) is 0 Å². The maximum absolute atomic E-state index is 13.1. The van der Waals surface area contributed by atoms with Crippen LogP contribution in [0.1, 0.15) is 0 Å². The molecule has 0 spiro atoms. The van der Waals surface area contributed by atoms with Gasteiger partial charge in [-0.25, -0.2) is 9.37 Å². The summed E-state index contributed by atoms with van der Waals surface area (Å²) in [5, 5.41) is 0.211. The molecule has 3 rings (SSSR count). The summed E-state index contributed by atoms with van der Waals surface area (Å²) in [5.74, 6) is 0.130. The number of nitrogens with zero attached hydrogens (tertiary/aromatic N) is 5. The van der Waals surface area contributed by atoms with Crippen LogP contribution in [0, 0.1) is 5.82 Å². The Morgan fingerprint density at radius 3 is 2.65 bits per heavy atom. The van der Waals surface area contributed by atoms with Crippen LogP contribution in [-0.2, 0) is 0 Å². The minimum atomic E-state index is -0.436. The first-order valence-corrected chi connectivity index (χ1v) is 6.24. The largest absolute Gasteiger partial charge is 0.274 e. The lowest BCUT2D eigenvalue weighted by atomic mass is 10.2. The maximum Gasteiger partial charge on any atom is 0.239 e. The highest BCUT2D eigenvalue weighted by Crippen LogP contribution is 2.26. The Kier molecular flexibility index (Phi) is 3.33. The second-order valence-electron chi connectivity index (χ2n) is 3.82. The van der Waals surface area contributed by atoms with Crippen molar-refractivity contribution in [3.8, 4) is 17.3 Å². The zero-order valence-corrected chi connectivity index (χ0v) is 11.3. The van der Waals surface area contributed by atoms with Crippen molar-refractivity contribution in [3.05, 3.63) is 53.0 Å². The predicted octanol–water partition coefficient (Wildman–Crippen LogP) is 3.17. The molecule has 0 aliphatic heterocycles. The number of benzene rings is 1. The predicted molar refractivity (Wildman–Crippen MR) is 72.4 cm³/mol. The van der Waals surface area contributed by atoms with Gasteiger partial charge in [-0.2, -0.15) is 15.0 Å². The minimum absolute atomic E-state index is 0.0130. The van der Waals surface area contributed by atoms with Gasteiger partial charge in [0.2, 0.25) is 11.2 Å². The molecular formula is C12H6Cl2FN5. The van der Waals surface area contributed by atoms with Crippen molar-refractivity contribution in [3.63, 3.8) is 0 Å². The molecule has 0 amide bonds. The van der Waals surface area contributed by atoms with Crippen molar-refractivity contribution in [1.29, 1.82) is 0 Å². The number of hydrogen-bond donors (Lipinski definition) is 0. The molecule has 0 aliphatic rings. The molecule has 20 heavy (non-hydrogen) atoms. The van der Waals surface area contributed by atoms with Gasteiger partial charge in [0.15, 0.2) is 5.82 Å². The Morgan fingerprint density at radius 2 is 1.95 bits per heavy atom. The molecule has 100 valence electrons. The van der Waals surface area contributed by atoms with Gasteiger partial charge in [-0.15, -0.1) is 0 Å². The molecular weight excluding hydrogens is 304 g/mol. The van der Waals surface area contributed by atoms with Crippen LogP contribution >= 0.6 is 23.2 Å². The van der Waals surface area contributed by atoms with Crippen LogP contribution in [0.25, 0.3) is 17.3 Å². The fourth-order valence-corrected chi connectivity index (χ4v) is 2.03. The van der Waals surface area contributed by atoms with E-state index in [0.717, 1.165) is 0 Å². The molecule has 0 fully saturated rings. The molecule has 8 heteroatoms. The van der Waals surface area contributed by atoms with Gasteiger partial charge in [-0.05, 0) is 29.8 Å². The van der Waals surface area contributed by atoms with E-state index in [0.29, 0.717) is 11.5 Å². The van der Waals surface area contributed by atoms with Crippen molar-refractivity contribution < 1.29 is 4.39 Å².